The molecule has 0 atom stereocenters. The molecule has 2 heterocycles. The summed E-state index contributed by atoms with van der Waals surface area (Å²) < 4.78 is 56.8. The van der Waals surface area contributed by atoms with Crippen molar-refractivity contribution < 1.29 is 39.1 Å². The molecule has 2 aromatic carbocycles. The number of fused-ring (bicyclic) bond motifs is 1. The molecule has 0 saturated heterocycles. The number of benzene rings is 2. The third-order valence-corrected chi connectivity index (χ3v) is 5.01. The van der Waals surface area contributed by atoms with Gasteiger partial charge in [-0.3, -0.25) is 0 Å². The molecule has 148 valence electrons. The fourth-order valence-corrected chi connectivity index (χ4v) is 3.68. The molecule has 0 bridgehead atoms. The summed E-state index contributed by atoms with van der Waals surface area (Å²) in [7, 11) is 0. The predicted octanol–water partition coefficient (Wildman–Crippen LogP) is 2.32. The number of hydrogen-bond acceptors (Lipinski definition) is 0. The minimum atomic E-state index is -4.38. The number of alkyl halides is 3. The maximum Gasteiger partial charge on any atom is 0.416 e. The standard InChI is InChI=1S/C21H19F4N2.BrH/c22-17-10-8-15(9-11-17)19-14-27(20-7-2-1-3-12-26(19)20)18-6-4-5-16(13-18)21(23,24)25;/h4-6,8-11,13-14H,1-3,7,12H2;1H/q+1;/p-1. The number of nitrogens with zero attached hydrogens (tertiary/aromatic N) is 2. The summed E-state index contributed by atoms with van der Waals surface area (Å²) in [6.45, 7) is 0.800. The first-order valence-electron chi connectivity index (χ1n) is 9.01. The fourth-order valence-electron chi connectivity index (χ4n) is 3.68. The number of hydrogen-bond donors (Lipinski definition) is 0. The first kappa shape index (κ1) is 20.6. The first-order valence-corrected chi connectivity index (χ1v) is 9.01. The Bertz CT molecular complexity index is 962. The number of halogens is 5. The SMILES string of the molecule is Fc1ccc(-c2cn(-c3cccc(C(F)(F)F)c3)c3[n+]2CCCCC3)cc1.[Br-]. The normalized spacial score (nSPS) is 14.1. The van der Waals surface area contributed by atoms with Crippen LogP contribution in [0, 0.1) is 5.82 Å². The van der Waals surface area contributed by atoms with Gasteiger partial charge in [-0.05, 0) is 61.7 Å². The van der Waals surface area contributed by atoms with Crippen LogP contribution in [0.5, 0.6) is 0 Å². The van der Waals surface area contributed by atoms with E-state index in [1.54, 1.807) is 18.2 Å². The van der Waals surface area contributed by atoms with Crippen LogP contribution in [0.25, 0.3) is 16.9 Å². The van der Waals surface area contributed by atoms with Crippen LogP contribution < -0.4 is 21.5 Å². The summed E-state index contributed by atoms with van der Waals surface area (Å²) in [6, 6.07) is 11.6. The van der Waals surface area contributed by atoms with Crippen molar-refractivity contribution in [3.8, 4) is 16.9 Å². The molecule has 0 radical (unpaired) electrons. The molecular formula is C21H19BrF4N2. The third-order valence-electron chi connectivity index (χ3n) is 5.01. The second-order valence-corrected chi connectivity index (χ2v) is 6.82. The van der Waals surface area contributed by atoms with E-state index in [0.717, 1.165) is 55.4 Å². The summed E-state index contributed by atoms with van der Waals surface area (Å²) in [5.74, 6) is 0.665. The second kappa shape index (κ2) is 8.07. The summed E-state index contributed by atoms with van der Waals surface area (Å²) in [4.78, 5) is 0. The largest absolute Gasteiger partial charge is 1.00 e. The van der Waals surface area contributed by atoms with Crippen molar-refractivity contribution >= 4 is 0 Å². The Balaban J connectivity index is 0.00000225. The van der Waals surface area contributed by atoms with Gasteiger partial charge in [0.2, 0.25) is 0 Å². The molecule has 0 saturated carbocycles. The average Bonchev–Trinajstić information content (AvgIpc) is 2.83. The summed E-state index contributed by atoms with van der Waals surface area (Å²) >= 11 is 0. The van der Waals surface area contributed by atoms with Gasteiger partial charge in [0, 0.05) is 12.0 Å². The van der Waals surface area contributed by atoms with Gasteiger partial charge in [0.05, 0.1) is 12.1 Å². The van der Waals surface area contributed by atoms with E-state index in [0.29, 0.717) is 5.69 Å². The zero-order valence-electron chi connectivity index (χ0n) is 15.0. The van der Waals surface area contributed by atoms with E-state index in [2.05, 4.69) is 4.57 Å². The predicted molar refractivity (Wildman–Crippen MR) is 93.9 cm³/mol. The van der Waals surface area contributed by atoms with Gasteiger partial charge < -0.3 is 17.0 Å². The molecule has 0 fully saturated rings. The van der Waals surface area contributed by atoms with Crippen molar-refractivity contribution in [2.45, 2.75) is 38.4 Å². The molecule has 0 aliphatic carbocycles. The Hall–Kier alpha value is -2.15. The van der Waals surface area contributed by atoms with Crippen molar-refractivity contribution in [3.63, 3.8) is 0 Å². The molecule has 3 aromatic rings. The summed E-state index contributed by atoms with van der Waals surface area (Å²) in [5, 5.41) is 0. The van der Waals surface area contributed by atoms with Gasteiger partial charge in [0.25, 0.3) is 5.82 Å². The Labute approximate surface area is 171 Å². The maximum absolute atomic E-state index is 13.3. The molecule has 0 spiro atoms. The molecule has 7 heteroatoms. The number of imidazole rings is 1. The van der Waals surface area contributed by atoms with Crippen LogP contribution in [0.4, 0.5) is 17.6 Å². The zero-order valence-corrected chi connectivity index (χ0v) is 16.6. The van der Waals surface area contributed by atoms with Crippen LogP contribution in [0.15, 0.2) is 54.7 Å². The number of rotatable bonds is 2. The Kier molecular flexibility index (Phi) is 5.93. The molecule has 1 aliphatic rings. The van der Waals surface area contributed by atoms with E-state index in [4.69, 9.17) is 0 Å². The van der Waals surface area contributed by atoms with Gasteiger partial charge in [-0.1, -0.05) is 6.07 Å². The van der Waals surface area contributed by atoms with E-state index in [-0.39, 0.29) is 22.8 Å². The smallest absolute Gasteiger partial charge is 0.416 e. The molecular weight excluding hydrogens is 436 g/mol. The topological polar surface area (TPSA) is 8.81 Å². The van der Waals surface area contributed by atoms with Crippen molar-refractivity contribution in [2.75, 3.05) is 0 Å². The van der Waals surface area contributed by atoms with Crippen molar-refractivity contribution in [1.82, 2.24) is 4.57 Å². The van der Waals surface area contributed by atoms with Crippen LogP contribution in [-0.2, 0) is 19.1 Å². The fraction of sp³-hybridized carbons (Fsp3) is 0.286. The van der Waals surface area contributed by atoms with E-state index >= 15 is 0 Å². The van der Waals surface area contributed by atoms with Crippen LogP contribution in [-0.4, -0.2) is 4.57 Å². The quantitative estimate of drug-likeness (QED) is 0.415. The minimum absolute atomic E-state index is 0. The van der Waals surface area contributed by atoms with Crippen molar-refractivity contribution in [1.29, 1.82) is 0 Å². The lowest BCUT2D eigenvalue weighted by atomic mass is 10.1. The molecule has 0 amide bonds. The van der Waals surface area contributed by atoms with Gasteiger partial charge in [-0.15, -0.1) is 0 Å². The summed E-state index contributed by atoms with van der Waals surface area (Å²) in [6.07, 6.45) is 1.35. The molecule has 1 aromatic heterocycles. The Morgan fingerprint density at radius 3 is 2.39 bits per heavy atom. The lowest BCUT2D eigenvalue weighted by molar-refractivity contribution is -0.692. The van der Waals surface area contributed by atoms with E-state index < -0.39 is 11.7 Å². The Morgan fingerprint density at radius 2 is 1.68 bits per heavy atom. The highest BCUT2D eigenvalue weighted by molar-refractivity contribution is 5.56. The lowest BCUT2D eigenvalue weighted by Gasteiger charge is -2.08. The molecule has 1 aliphatic heterocycles. The van der Waals surface area contributed by atoms with Gasteiger partial charge >= 0.3 is 6.18 Å². The molecule has 0 unspecified atom stereocenters. The monoisotopic (exact) mass is 454 g/mol. The minimum Gasteiger partial charge on any atom is -1.00 e. The van der Waals surface area contributed by atoms with E-state index in [1.165, 1.54) is 24.3 Å². The first-order chi connectivity index (χ1) is 12.9. The highest BCUT2D eigenvalue weighted by Gasteiger charge is 2.32. The van der Waals surface area contributed by atoms with E-state index in [9.17, 15) is 17.6 Å². The molecule has 4 rings (SSSR count). The second-order valence-electron chi connectivity index (χ2n) is 6.82. The van der Waals surface area contributed by atoms with E-state index in [1.807, 2.05) is 10.8 Å². The zero-order chi connectivity index (χ0) is 19.0. The van der Waals surface area contributed by atoms with Gasteiger partial charge in [0.1, 0.15) is 17.7 Å². The number of aromatic nitrogens is 2. The van der Waals surface area contributed by atoms with Gasteiger partial charge in [-0.25, -0.2) is 8.96 Å². The average molecular weight is 455 g/mol. The van der Waals surface area contributed by atoms with Gasteiger partial charge in [0.15, 0.2) is 5.69 Å². The molecule has 2 nitrogen and oxygen atoms in total. The maximum atomic E-state index is 13.3. The summed E-state index contributed by atoms with van der Waals surface area (Å²) in [5.41, 5.74) is 1.57. The van der Waals surface area contributed by atoms with Crippen LogP contribution >= 0.6 is 0 Å². The third kappa shape index (κ3) is 3.99. The highest BCUT2D eigenvalue weighted by Crippen LogP contribution is 2.31. The van der Waals surface area contributed by atoms with Crippen LogP contribution in [0.3, 0.4) is 0 Å². The van der Waals surface area contributed by atoms with Crippen LogP contribution in [0.1, 0.15) is 30.7 Å². The van der Waals surface area contributed by atoms with Crippen LogP contribution in [0.2, 0.25) is 0 Å². The molecule has 0 N–H and O–H groups in total. The Morgan fingerprint density at radius 1 is 0.929 bits per heavy atom. The highest BCUT2D eigenvalue weighted by atomic mass is 79.9. The molecule has 28 heavy (non-hydrogen) atoms. The van der Waals surface area contributed by atoms with Crippen molar-refractivity contribution in [3.05, 3.63) is 71.9 Å². The lowest BCUT2D eigenvalue weighted by Crippen LogP contribution is -3.00. The van der Waals surface area contributed by atoms with Crippen molar-refractivity contribution in [2.24, 2.45) is 0 Å². The van der Waals surface area contributed by atoms with Gasteiger partial charge in [-0.2, -0.15) is 17.7 Å².